The molecule has 8 nitrogen and oxygen atoms in total. The summed E-state index contributed by atoms with van der Waals surface area (Å²) < 4.78 is 11.4. The highest BCUT2D eigenvalue weighted by molar-refractivity contribution is 6.36. The van der Waals surface area contributed by atoms with E-state index in [-0.39, 0.29) is 11.9 Å². The fraction of sp³-hybridized carbons (Fsp3) is 0.385. The molecular weight excluding hydrogens is 624 g/mol. The van der Waals surface area contributed by atoms with E-state index in [0.29, 0.717) is 54.3 Å². The molecule has 250 valence electrons. The van der Waals surface area contributed by atoms with Gasteiger partial charge in [0.25, 0.3) is 0 Å². The van der Waals surface area contributed by atoms with Crippen molar-refractivity contribution in [3.63, 3.8) is 0 Å². The molecule has 4 aromatic rings. The van der Waals surface area contributed by atoms with Gasteiger partial charge < -0.3 is 20.1 Å². The van der Waals surface area contributed by atoms with E-state index in [1.807, 2.05) is 36.4 Å². The summed E-state index contributed by atoms with van der Waals surface area (Å²) in [5, 5.41) is 7.15. The Labute approximate surface area is 287 Å². The van der Waals surface area contributed by atoms with Crippen LogP contribution in [0.25, 0.3) is 33.6 Å². The van der Waals surface area contributed by atoms with Gasteiger partial charge in [-0.3, -0.25) is 9.59 Å². The number of methoxy groups -OCH3 is 2. The van der Waals surface area contributed by atoms with Gasteiger partial charge in [-0.2, -0.15) is 0 Å². The van der Waals surface area contributed by atoms with E-state index in [4.69, 9.17) is 31.0 Å². The second kappa shape index (κ2) is 15.3. The minimum absolute atomic E-state index is 0.148. The maximum Gasteiger partial charge on any atom is 0.220 e. The fourth-order valence-electron chi connectivity index (χ4n) is 6.97. The Kier molecular flexibility index (Phi) is 10.7. The molecule has 0 radical (unpaired) electrons. The van der Waals surface area contributed by atoms with Crippen LogP contribution in [-0.4, -0.2) is 48.5 Å². The van der Waals surface area contributed by atoms with Crippen molar-refractivity contribution in [2.75, 3.05) is 20.8 Å². The van der Waals surface area contributed by atoms with E-state index in [9.17, 15) is 9.59 Å². The van der Waals surface area contributed by atoms with Crippen molar-refractivity contribution in [2.45, 2.75) is 70.9 Å². The van der Waals surface area contributed by atoms with E-state index in [0.717, 1.165) is 89.0 Å². The van der Waals surface area contributed by atoms with Crippen molar-refractivity contribution >= 4 is 23.3 Å². The van der Waals surface area contributed by atoms with Gasteiger partial charge in [0.1, 0.15) is 5.78 Å². The second-order valence-corrected chi connectivity index (χ2v) is 13.2. The number of hydrogen-bond acceptors (Lipinski definition) is 7. The van der Waals surface area contributed by atoms with Crippen LogP contribution in [-0.2, 0) is 22.6 Å². The number of ether oxygens (including phenoxy) is 2. The molecule has 2 atom stereocenters. The van der Waals surface area contributed by atoms with Gasteiger partial charge in [-0.1, -0.05) is 60.1 Å². The number of ketones is 1. The lowest BCUT2D eigenvalue weighted by Gasteiger charge is -2.17. The monoisotopic (exact) mass is 666 g/mol. The number of amides is 1. The number of nitrogens with zero attached hydrogens (tertiary/aromatic N) is 2. The third-order valence-electron chi connectivity index (χ3n) is 9.62. The van der Waals surface area contributed by atoms with Crippen LogP contribution in [0.3, 0.4) is 0 Å². The number of aromatic nitrogens is 2. The normalized spacial score (nSPS) is 17.5. The maximum absolute atomic E-state index is 11.6. The third kappa shape index (κ3) is 7.55. The Morgan fingerprint density at radius 2 is 1.50 bits per heavy atom. The Morgan fingerprint density at radius 1 is 0.833 bits per heavy atom. The summed E-state index contributed by atoms with van der Waals surface area (Å²) >= 11 is 7.15. The molecule has 0 bridgehead atoms. The Hall–Kier alpha value is -4.27. The van der Waals surface area contributed by atoms with Crippen LogP contribution < -0.4 is 20.1 Å². The van der Waals surface area contributed by atoms with Crippen LogP contribution in [0.4, 0.5) is 0 Å². The van der Waals surface area contributed by atoms with Crippen LogP contribution in [0, 0.1) is 12.8 Å². The molecule has 1 amide bonds. The van der Waals surface area contributed by atoms with Crippen molar-refractivity contribution in [1.82, 2.24) is 20.6 Å². The van der Waals surface area contributed by atoms with Gasteiger partial charge in [0.2, 0.25) is 17.7 Å². The molecule has 0 spiro atoms. The quantitative estimate of drug-likeness (QED) is 0.152. The molecule has 48 heavy (non-hydrogen) atoms. The second-order valence-electron chi connectivity index (χ2n) is 12.8. The zero-order valence-corrected chi connectivity index (χ0v) is 28.7. The molecule has 6 rings (SSSR count). The third-order valence-corrected chi connectivity index (χ3v) is 10.0. The maximum atomic E-state index is 11.6. The highest BCUT2D eigenvalue weighted by Gasteiger charge is 2.23. The number of halogens is 1. The van der Waals surface area contributed by atoms with Crippen LogP contribution in [0.1, 0.15) is 61.6 Å². The molecule has 1 aliphatic carbocycles. The summed E-state index contributed by atoms with van der Waals surface area (Å²) in [6, 6.07) is 20.6. The molecule has 2 aromatic carbocycles. The molecule has 1 aliphatic heterocycles. The van der Waals surface area contributed by atoms with Crippen molar-refractivity contribution in [1.29, 1.82) is 0 Å². The average Bonchev–Trinajstić information content (AvgIpc) is 3.72. The number of nitrogens with one attached hydrogen (secondary N) is 2. The standard InChI is InChI=1S/C39H43ClN4O4/c1-24-30(9-5-10-31(24)34-19-15-27(39(43-34)48-3)23-41-22-25-13-17-29(45)21-25)32-11-6-12-33(37(32)40)35-18-14-26(38(44-35)47-2)7-4-8-28-16-20-36(46)42-28/h5-6,9-12,14-15,18-19,25,28,41H,4,7-8,13,16-17,20-23H2,1-3H3,(H,42,46)/t25-,28-/m1/s1. The molecule has 0 unspecified atom stereocenters. The van der Waals surface area contributed by atoms with E-state index in [1.165, 1.54) is 0 Å². The van der Waals surface area contributed by atoms with Crippen LogP contribution in [0.2, 0.25) is 5.02 Å². The summed E-state index contributed by atoms with van der Waals surface area (Å²) in [6.07, 6.45) is 6.57. The number of aryl methyl sites for hydroxylation is 1. The van der Waals surface area contributed by atoms with Gasteiger partial charge in [0.05, 0.1) is 30.6 Å². The van der Waals surface area contributed by atoms with Gasteiger partial charge in [-0.25, -0.2) is 9.97 Å². The number of rotatable bonds is 13. The first-order valence-corrected chi connectivity index (χ1v) is 17.2. The lowest BCUT2D eigenvalue weighted by molar-refractivity contribution is -0.119. The Bertz CT molecular complexity index is 1680. The van der Waals surface area contributed by atoms with Crippen LogP contribution in [0.15, 0.2) is 60.7 Å². The van der Waals surface area contributed by atoms with Gasteiger partial charge in [-0.15, -0.1) is 0 Å². The molecule has 2 N–H and O–H groups in total. The minimum Gasteiger partial charge on any atom is -0.481 e. The number of hydrogen-bond donors (Lipinski definition) is 2. The van der Waals surface area contributed by atoms with Crippen LogP contribution >= 0.6 is 11.6 Å². The van der Waals surface area contributed by atoms with Gasteiger partial charge in [-0.05, 0) is 74.8 Å². The van der Waals surface area contributed by atoms with Gasteiger partial charge >= 0.3 is 0 Å². The fourth-order valence-corrected chi connectivity index (χ4v) is 7.29. The number of Topliss-reactive ketones (excluding diaryl/α,β-unsaturated/α-hetero) is 1. The molecule has 2 aliphatic rings. The summed E-state index contributed by atoms with van der Waals surface area (Å²) in [4.78, 5) is 32.9. The SMILES string of the molecule is COc1nc(-c2cccc(-c3cccc(-c4ccc(CCC[C@@H]5CCC(=O)N5)c(OC)n4)c3Cl)c2C)ccc1CNC[C@@H]1CCC(=O)C1. The summed E-state index contributed by atoms with van der Waals surface area (Å²) in [6.45, 7) is 3.53. The Morgan fingerprint density at radius 3 is 2.19 bits per heavy atom. The van der Waals surface area contributed by atoms with Gasteiger partial charge in [0, 0.05) is 59.7 Å². The van der Waals surface area contributed by atoms with E-state index in [1.54, 1.807) is 14.2 Å². The van der Waals surface area contributed by atoms with Crippen LogP contribution in [0.5, 0.6) is 11.8 Å². The van der Waals surface area contributed by atoms with E-state index < -0.39 is 0 Å². The predicted octanol–water partition coefficient (Wildman–Crippen LogP) is 7.52. The first-order valence-electron chi connectivity index (χ1n) is 16.8. The molecule has 1 saturated carbocycles. The van der Waals surface area contributed by atoms with E-state index >= 15 is 0 Å². The van der Waals surface area contributed by atoms with Crippen molar-refractivity contribution in [2.24, 2.45) is 5.92 Å². The molecular formula is C39H43ClN4O4. The van der Waals surface area contributed by atoms with Crippen molar-refractivity contribution in [3.8, 4) is 45.4 Å². The summed E-state index contributed by atoms with van der Waals surface area (Å²) in [7, 11) is 3.29. The summed E-state index contributed by atoms with van der Waals surface area (Å²) in [5.74, 6) is 2.10. The number of carbonyl (C=O) groups is 2. The topological polar surface area (TPSA) is 102 Å². The minimum atomic E-state index is 0.148. The zero-order valence-electron chi connectivity index (χ0n) is 27.9. The first kappa shape index (κ1) is 33.6. The highest BCUT2D eigenvalue weighted by Crippen LogP contribution is 2.40. The molecule has 2 fully saturated rings. The summed E-state index contributed by atoms with van der Waals surface area (Å²) in [5.41, 5.74) is 8.39. The molecule has 9 heteroatoms. The Balaban J connectivity index is 1.20. The number of carbonyl (C=O) groups excluding carboxylic acids is 2. The lowest BCUT2D eigenvalue weighted by atomic mass is 9.93. The molecule has 1 saturated heterocycles. The first-order chi connectivity index (χ1) is 23.3. The molecule has 3 heterocycles. The smallest absolute Gasteiger partial charge is 0.220 e. The van der Waals surface area contributed by atoms with E-state index in [2.05, 4.69) is 41.8 Å². The highest BCUT2D eigenvalue weighted by atomic mass is 35.5. The molecule has 2 aromatic heterocycles. The number of pyridine rings is 2. The predicted molar refractivity (Wildman–Crippen MR) is 189 cm³/mol. The average molecular weight is 667 g/mol. The lowest BCUT2D eigenvalue weighted by Crippen LogP contribution is -2.25. The number of benzene rings is 2. The van der Waals surface area contributed by atoms with Crippen molar-refractivity contribution < 1.29 is 19.1 Å². The van der Waals surface area contributed by atoms with Gasteiger partial charge in [0.15, 0.2) is 0 Å². The van der Waals surface area contributed by atoms with Crippen molar-refractivity contribution in [3.05, 3.63) is 82.4 Å². The zero-order chi connectivity index (χ0) is 33.6. The largest absolute Gasteiger partial charge is 0.481 e.